The number of hydrogen-bond acceptors (Lipinski definition) is 3. The Morgan fingerprint density at radius 2 is 2.15 bits per heavy atom. The molecular weight excluding hydrogens is 276 g/mol. The van der Waals surface area contributed by atoms with E-state index in [4.69, 9.17) is 11.6 Å². The topological polar surface area (TPSA) is 62.2 Å². The molecule has 0 atom stereocenters. The van der Waals surface area contributed by atoms with Crippen LogP contribution in [0.2, 0.25) is 5.02 Å². The van der Waals surface area contributed by atoms with Crippen LogP contribution in [-0.4, -0.2) is 16.0 Å². The predicted octanol–water partition coefficient (Wildman–Crippen LogP) is 3.18. The number of phenols is 1. The van der Waals surface area contributed by atoms with E-state index < -0.39 is 0 Å². The van der Waals surface area contributed by atoms with Gasteiger partial charge in [-0.1, -0.05) is 17.7 Å². The van der Waals surface area contributed by atoms with Crippen LogP contribution in [0.3, 0.4) is 0 Å². The largest absolute Gasteiger partial charge is 0.505 e. The van der Waals surface area contributed by atoms with Crippen LogP contribution in [0.1, 0.15) is 18.2 Å². The minimum absolute atomic E-state index is 0.0560. The highest BCUT2D eigenvalue weighted by Gasteiger charge is 2.11. The molecule has 0 spiro atoms. The number of nitrogens with one attached hydrogen (secondary N) is 1. The molecule has 0 saturated carbocycles. The van der Waals surface area contributed by atoms with Gasteiger partial charge in [-0.15, -0.1) is 0 Å². The van der Waals surface area contributed by atoms with E-state index in [9.17, 15) is 9.90 Å². The number of aromatic hydroxyl groups is 1. The molecule has 2 rings (SSSR count). The van der Waals surface area contributed by atoms with E-state index in [1.54, 1.807) is 12.3 Å². The van der Waals surface area contributed by atoms with E-state index in [1.165, 1.54) is 13.0 Å². The van der Waals surface area contributed by atoms with Gasteiger partial charge >= 0.3 is 0 Å². The molecule has 1 aromatic carbocycles. The van der Waals surface area contributed by atoms with Crippen LogP contribution >= 0.6 is 11.6 Å². The lowest BCUT2D eigenvalue weighted by Crippen LogP contribution is -2.07. The highest BCUT2D eigenvalue weighted by molar-refractivity contribution is 6.31. The first-order valence-electron chi connectivity index (χ1n) is 6.25. The van der Waals surface area contributed by atoms with Crippen LogP contribution in [0, 0.1) is 0 Å². The number of halogens is 1. The normalized spacial score (nSPS) is 10.3. The highest BCUT2D eigenvalue weighted by atomic mass is 35.5. The van der Waals surface area contributed by atoms with Gasteiger partial charge in [0.2, 0.25) is 5.91 Å². The number of carbonyl (C=O) groups excluding carboxylic acids is 1. The Hall–Kier alpha value is -2.07. The average Bonchev–Trinajstić information content (AvgIpc) is 2.41. The monoisotopic (exact) mass is 290 g/mol. The van der Waals surface area contributed by atoms with Crippen LogP contribution in [0.4, 0.5) is 5.69 Å². The second-order valence-corrected chi connectivity index (χ2v) is 4.90. The fraction of sp³-hybridized carbons (Fsp3) is 0.200. The van der Waals surface area contributed by atoms with Gasteiger partial charge in [0.25, 0.3) is 0 Å². The molecule has 1 heterocycles. The molecule has 5 heteroatoms. The summed E-state index contributed by atoms with van der Waals surface area (Å²) >= 11 is 6.01. The summed E-state index contributed by atoms with van der Waals surface area (Å²) in [7, 11) is 0. The molecule has 4 nitrogen and oxygen atoms in total. The predicted molar refractivity (Wildman–Crippen MR) is 79.1 cm³/mol. The number of aryl methyl sites for hydroxylation is 2. The molecule has 1 aromatic heterocycles. The van der Waals surface area contributed by atoms with Crippen LogP contribution in [0.5, 0.6) is 5.75 Å². The zero-order chi connectivity index (χ0) is 14.5. The first-order chi connectivity index (χ1) is 9.56. The van der Waals surface area contributed by atoms with Gasteiger partial charge in [-0.2, -0.15) is 0 Å². The number of aromatic nitrogens is 1. The number of amides is 1. The third kappa shape index (κ3) is 3.71. The van der Waals surface area contributed by atoms with Gasteiger partial charge in [0, 0.05) is 23.8 Å². The van der Waals surface area contributed by atoms with Crippen molar-refractivity contribution in [1.82, 2.24) is 4.98 Å². The molecule has 104 valence electrons. The zero-order valence-corrected chi connectivity index (χ0v) is 11.8. The molecule has 0 aliphatic heterocycles. The molecule has 0 aliphatic carbocycles. The minimum atomic E-state index is -0.252. The summed E-state index contributed by atoms with van der Waals surface area (Å²) < 4.78 is 0. The van der Waals surface area contributed by atoms with Crippen LogP contribution in [0.25, 0.3) is 0 Å². The van der Waals surface area contributed by atoms with Crippen molar-refractivity contribution in [3.8, 4) is 5.75 Å². The average molecular weight is 291 g/mol. The quantitative estimate of drug-likeness (QED) is 0.850. The van der Waals surface area contributed by atoms with Crippen molar-refractivity contribution >= 4 is 23.2 Å². The Labute approximate surface area is 122 Å². The maximum Gasteiger partial charge on any atom is 0.221 e. The van der Waals surface area contributed by atoms with Crippen molar-refractivity contribution in [3.05, 3.63) is 52.8 Å². The maximum absolute atomic E-state index is 11.1. The number of benzene rings is 1. The molecule has 1 amide bonds. The van der Waals surface area contributed by atoms with Gasteiger partial charge in [-0.05, 0) is 42.7 Å². The number of phenolic OH excluding ortho intramolecular Hbond substituents is 1. The molecule has 0 radical (unpaired) electrons. The van der Waals surface area contributed by atoms with E-state index in [0.29, 0.717) is 29.1 Å². The van der Waals surface area contributed by atoms with Gasteiger partial charge < -0.3 is 10.4 Å². The van der Waals surface area contributed by atoms with Crippen molar-refractivity contribution in [1.29, 1.82) is 0 Å². The number of rotatable bonds is 4. The lowest BCUT2D eigenvalue weighted by Gasteiger charge is -2.11. The summed E-state index contributed by atoms with van der Waals surface area (Å²) in [5, 5.41) is 13.2. The van der Waals surface area contributed by atoms with Crippen LogP contribution < -0.4 is 5.32 Å². The summed E-state index contributed by atoms with van der Waals surface area (Å²) in [4.78, 5) is 15.3. The second kappa shape index (κ2) is 6.39. The molecule has 2 N–H and O–H groups in total. The third-order valence-corrected chi connectivity index (χ3v) is 3.06. The summed E-state index contributed by atoms with van der Waals surface area (Å²) in [6, 6.07) is 8.93. The van der Waals surface area contributed by atoms with Crippen molar-refractivity contribution in [2.45, 2.75) is 19.8 Å². The maximum atomic E-state index is 11.1. The fourth-order valence-electron chi connectivity index (χ4n) is 1.94. The van der Waals surface area contributed by atoms with E-state index in [0.717, 1.165) is 5.69 Å². The zero-order valence-electron chi connectivity index (χ0n) is 11.1. The molecular formula is C15H15ClN2O2. The standard InChI is InChI=1S/C15H15ClN2O2/c1-10(19)18-14-9-12(16)8-11(15(14)20)5-6-13-4-2-3-7-17-13/h2-4,7-9,20H,5-6H2,1H3,(H,18,19). The third-order valence-electron chi connectivity index (χ3n) is 2.84. The summed E-state index contributed by atoms with van der Waals surface area (Å²) in [6.07, 6.45) is 3.01. The molecule has 0 saturated heterocycles. The smallest absolute Gasteiger partial charge is 0.221 e. The number of hydrogen-bond donors (Lipinski definition) is 2. The van der Waals surface area contributed by atoms with E-state index >= 15 is 0 Å². The number of nitrogens with zero attached hydrogens (tertiary/aromatic N) is 1. The second-order valence-electron chi connectivity index (χ2n) is 4.46. The summed E-state index contributed by atoms with van der Waals surface area (Å²) in [6.45, 7) is 1.38. The van der Waals surface area contributed by atoms with Crippen molar-refractivity contribution < 1.29 is 9.90 Å². The SMILES string of the molecule is CC(=O)Nc1cc(Cl)cc(CCc2ccccn2)c1O. The van der Waals surface area contributed by atoms with Crippen LogP contribution in [-0.2, 0) is 17.6 Å². The molecule has 2 aromatic rings. The first kappa shape index (κ1) is 14.3. The Bertz CT molecular complexity index is 615. The molecule has 0 fully saturated rings. The van der Waals surface area contributed by atoms with E-state index in [2.05, 4.69) is 10.3 Å². The van der Waals surface area contributed by atoms with Gasteiger partial charge in [0.05, 0.1) is 5.69 Å². The number of anilines is 1. The Balaban J connectivity index is 2.19. The first-order valence-corrected chi connectivity index (χ1v) is 6.63. The number of pyridine rings is 1. The van der Waals surface area contributed by atoms with Gasteiger partial charge in [-0.3, -0.25) is 9.78 Å². The highest BCUT2D eigenvalue weighted by Crippen LogP contribution is 2.32. The van der Waals surface area contributed by atoms with Gasteiger partial charge in [-0.25, -0.2) is 0 Å². The van der Waals surface area contributed by atoms with Gasteiger partial charge in [0.1, 0.15) is 5.75 Å². The van der Waals surface area contributed by atoms with Crippen molar-refractivity contribution in [2.75, 3.05) is 5.32 Å². The molecule has 20 heavy (non-hydrogen) atoms. The Kier molecular flexibility index (Phi) is 4.58. The molecule has 0 unspecified atom stereocenters. The minimum Gasteiger partial charge on any atom is -0.505 e. The van der Waals surface area contributed by atoms with Gasteiger partial charge in [0.15, 0.2) is 0 Å². The van der Waals surface area contributed by atoms with Crippen molar-refractivity contribution in [3.63, 3.8) is 0 Å². The van der Waals surface area contributed by atoms with Crippen molar-refractivity contribution in [2.24, 2.45) is 0 Å². The Morgan fingerprint density at radius 3 is 2.80 bits per heavy atom. The lowest BCUT2D eigenvalue weighted by molar-refractivity contribution is -0.114. The van der Waals surface area contributed by atoms with E-state index in [1.807, 2.05) is 18.2 Å². The van der Waals surface area contributed by atoms with E-state index in [-0.39, 0.29) is 11.7 Å². The Morgan fingerprint density at radius 1 is 1.35 bits per heavy atom. The molecule has 0 aliphatic rings. The number of carbonyl (C=O) groups is 1. The lowest BCUT2D eigenvalue weighted by atomic mass is 10.1. The van der Waals surface area contributed by atoms with Crippen LogP contribution in [0.15, 0.2) is 36.5 Å². The molecule has 0 bridgehead atoms. The summed E-state index contributed by atoms with van der Waals surface area (Å²) in [5.41, 5.74) is 1.96. The fourth-order valence-corrected chi connectivity index (χ4v) is 2.18. The summed E-state index contributed by atoms with van der Waals surface area (Å²) in [5.74, 6) is -0.196.